The fourth-order valence-electron chi connectivity index (χ4n) is 3.37. The molecule has 7 nitrogen and oxygen atoms in total. The second kappa shape index (κ2) is 7.90. The van der Waals surface area contributed by atoms with Gasteiger partial charge in [0.25, 0.3) is 0 Å². The number of hydrogen-bond donors (Lipinski definition) is 3. The first-order valence-electron chi connectivity index (χ1n) is 9.09. The van der Waals surface area contributed by atoms with Crippen molar-refractivity contribution >= 4 is 17.7 Å². The molecule has 5 N–H and O–H groups in total. The van der Waals surface area contributed by atoms with E-state index in [0.717, 1.165) is 0 Å². The third-order valence-corrected chi connectivity index (χ3v) is 4.71. The molecule has 0 saturated carbocycles. The topological polar surface area (TPSA) is 116 Å². The minimum atomic E-state index is -0.524. The fraction of sp³-hybridized carbons (Fsp3) is 0.136. The van der Waals surface area contributed by atoms with Gasteiger partial charge in [-0.15, -0.1) is 0 Å². The molecule has 1 aliphatic carbocycles. The molecule has 7 heteroatoms. The van der Waals surface area contributed by atoms with Crippen LogP contribution in [0.1, 0.15) is 22.7 Å². The lowest BCUT2D eigenvalue weighted by Gasteiger charge is -2.14. The highest BCUT2D eigenvalue weighted by Gasteiger charge is 2.28. The van der Waals surface area contributed by atoms with E-state index in [0.29, 0.717) is 5.69 Å². The highest BCUT2D eigenvalue weighted by molar-refractivity contribution is 5.79. The predicted octanol–water partition coefficient (Wildman–Crippen LogP) is 2.53. The van der Waals surface area contributed by atoms with Gasteiger partial charge >= 0.3 is 6.09 Å². The van der Waals surface area contributed by atoms with E-state index in [9.17, 15) is 4.79 Å². The van der Waals surface area contributed by atoms with Crippen LogP contribution in [0.5, 0.6) is 0 Å². The molecular weight excluding hydrogens is 366 g/mol. The molecule has 144 valence electrons. The van der Waals surface area contributed by atoms with Gasteiger partial charge in [-0.25, -0.2) is 14.8 Å². The van der Waals surface area contributed by atoms with Crippen LogP contribution in [0.15, 0.2) is 54.7 Å². The Hall–Kier alpha value is -4.05. The van der Waals surface area contributed by atoms with Crippen LogP contribution in [0.25, 0.3) is 11.1 Å². The minimum Gasteiger partial charge on any atom is -0.449 e. The molecule has 1 aromatic heterocycles. The molecule has 0 saturated heterocycles. The zero-order chi connectivity index (χ0) is 20.2. The average molecular weight is 385 g/mol. The molecule has 4 rings (SSSR count). The van der Waals surface area contributed by atoms with Crippen molar-refractivity contribution in [2.24, 2.45) is 0 Å². The zero-order valence-electron chi connectivity index (χ0n) is 15.6. The highest BCUT2D eigenvalue weighted by Crippen LogP contribution is 2.44. The number of nitrogen functional groups attached to an aromatic ring is 2. The van der Waals surface area contributed by atoms with Crippen molar-refractivity contribution < 1.29 is 9.53 Å². The second-order valence-corrected chi connectivity index (χ2v) is 6.51. The van der Waals surface area contributed by atoms with Crippen LogP contribution < -0.4 is 16.8 Å². The van der Waals surface area contributed by atoms with Crippen LogP contribution >= 0.6 is 0 Å². The van der Waals surface area contributed by atoms with Gasteiger partial charge in [-0.3, -0.25) is 0 Å². The van der Waals surface area contributed by atoms with Gasteiger partial charge in [-0.2, -0.15) is 0 Å². The predicted molar refractivity (Wildman–Crippen MR) is 111 cm³/mol. The Bertz CT molecular complexity index is 1090. The van der Waals surface area contributed by atoms with E-state index in [1.54, 1.807) is 0 Å². The number of nitrogens with one attached hydrogen (secondary N) is 1. The molecule has 29 heavy (non-hydrogen) atoms. The quantitative estimate of drug-likeness (QED) is 0.597. The number of alkyl carbamates (subject to hydrolysis) is 1. The summed E-state index contributed by atoms with van der Waals surface area (Å²) in [4.78, 5) is 19.9. The lowest BCUT2D eigenvalue weighted by molar-refractivity contribution is 0.144. The van der Waals surface area contributed by atoms with Crippen LogP contribution in [-0.2, 0) is 4.74 Å². The summed E-state index contributed by atoms with van der Waals surface area (Å²) < 4.78 is 5.44. The van der Waals surface area contributed by atoms with E-state index >= 15 is 0 Å². The summed E-state index contributed by atoms with van der Waals surface area (Å²) in [6.07, 6.45) is 0.899. The van der Waals surface area contributed by atoms with Crippen molar-refractivity contribution in [3.63, 3.8) is 0 Å². The smallest absolute Gasteiger partial charge is 0.407 e. The monoisotopic (exact) mass is 385 g/mol. The Morgan fingerprint density at radius 1 is 1.03 bits per heavy atom. The largest absolute Gasteiger partial charge is 0.449 e. The first-order valence-corrected chi connectivity index (χ1v) is 9.09. The van der Waals surface area contributed by atoms with Crippen molar-refractivity contribution in [3.8, 4) is 23.0 Å². The second-order valence-electron chi connectivity index (χ2n) is 6.51. The maximum Gasteiger partial charge on any atom is 0.407 e. The van der Waals surface area contributed by atoms with Crippen LogP contribution in [0.4, 0.5) is 16.4 Å². The molecule has 0 radical (unpaired) electrons. The van der Waals surface area contributed by atoms with Crippen LogP contribution in [0.3, 0.4) is 0 Å². The number of carbonyl (C=O) groups excluding carboxylic acids is 1. The lowest BCUT2D eigenvalue weighted by atomic mass is 9.98. The average Bonchev–Trinajstić information content (AvgIpc) is 3.06. The Kier molecular flexibility index (Phi) is 4.99. The van der Waals surface area contributed by atoms with E-state index in [4.69, 9.17) is 16.2 Å². The van der Waals surface area contributed by atoms with Crippen molar-refractivity contribution in [1.29, 1.82) is 0 Å². The molecule has 1 aliphatic rings. The Morgan fingerprint density at radius 2 is 1.69 bits per heavy atom. The number of benzene rings is 2. The molecular formula is C22H19N5O2. The number of fused-ring (bicyclic) bond motifs is 3. The van der Waals surface area contributed by atoms with E-state index in [1.807, 2.05) is 24.3 Å². The third-order valence-electron chi connectivity index (χ3n) is 4.71. The van der Waals surface area contributed by atoms with E-state index in [1.165, 1.54) is 28.5 Å². The summed E-state index contributed by atoms with van der Waals surface area (Å²) in [6, 6.07) is 16.4. The zero-order valence-corrected chi connectivity index (χ0v) is 15.6. The molecule has 0 unspecified atom stereocenters. The number of nitrogens with two attached hydrogens (primary N) is 2. The summed E-state index contributed by atoms with van der Waals surface area (Å²) in [5.41, 5.74) is 16.2. The molecule has 2 aromatic carbocycles. The molecule has 1 heterocycles. The minimum absolute atomic E-state index is 0.0206. The van der Waals surface area contributed by atoms with Crippen molar-refractivity contribution in [3.05, 3.63) is 71.5 Å². The van der Waals surface area contributed by atoms with Gasteiger partial charge in [0.1, 0.15) is 12.3 Å². The summed E-state index contributed by atoms with van der Waals surface area (Å²) in [5.74, 6) is 5.85. The van der Waals surface area contributed by atoms with Gasteiger partial charge in [-0.1, -0.05) is 54.5 Å². The molecule has 1 amide bonds. The first kappa shape index (κ1) is 18.3. The number of amides is 1. The van der Waals surface area contributed by atoms with E-state index in [-0.39, 0.29) is 30.7 Å². The van der Waals surface area contributed by atoms with Gasteiger partial charge in [0.2, 0.25) is 0 Å². The number of ether oxygens (including phenoxy) is 1. The van der Waals surface area contributed by atoms with Gasteiger partial charge in [0.15, 0.2) is 11.6 Å². The molecule has 0 atom stereocenters. The summed E-state index contributed by atoms with van der Waals surface area (Å²) in [5, 5.41) is 2.61. The Morgan fingerprint density at radius 3 is 2.34 bits per heavy atom. The van der Waals surface area contributed by atoms with Crippen LogP contribution in [0, 0.1) is 11.8 Å². The summed E-state index contributed by atoms with van der Waals surface area (Å²) >= 11 is 0. The van der Waals surface area contributed by atoms with Gasteiger partial charge < -0.3 is 21.5 Å². The number of carbonyl (C=O) groups is 1. The fourth-order valence-corrected chi connectivity index (χ4v) is 3.37. The van der Waals surface area contributed by atoms with Gasteiger partial charge in [0.05, 0.1) is 12.7 Å². The number of hydrogen-bond acceptors (Lipinski definition) is 6. The normalized spacial score (nSPS) is 11.7. The summed E-state index contributed by atoms with van der Waals surface area (Å²) in [7, 11) is 0. The number of aromatic nitrogens is 2. The number of anilines is 2. The maximum atomic E-state index is 12.1. The third kappa shape index (κ3) is 3.82. The van der Waals surface area contributed by atoms with E-state index in [2.05, 4.69) is 51.4 Å². The van der Waals surface area contributed by atoms with Gasteiger partial charge in [-0.05, 0) is 28.2 Å². The highest BCUT2D eigenvalue weighted by atomic mass is 16.5. The number of rotatable bonds is 3. The number of nitrogens with zero attached hydrogens (tertiary/aromatic N) is 2. The van der Waals surface area contributed by atoms with Crippen LogP contribution in [-0.4, -0.2) is 29.2 Å². The first-order chi connectivity index (χ1) is 14.1. The molecule has 0 spiro atoms. The molecule has 0 bridgehead atoms. The SMILES string of the molecule is Nc1ncc(C#CCNC(=O)OCC2c3ccccc3-c3ccccc32)nc1N. The standard InChI is InChI=1S/C22H19N5O2/c23-20-21(24)27-14(12-26-20)6-5-11-25-22(28)29-13-19-17-9-3-1-7-15(17)16-8-2-4-10-18(16)19/h1-4,7-10,12,19H,11,13H2,(H2,23,26)(H2,24,27)(H,25,28). The van der Waals surface area contributed by atoms with Crippen molar-refractivity contribution in [1.82, 2.24) is 15.3 Å². The molecule has 3 aromatic rings. The summed E-state index contributed by atoms with van der Waals surface area (Å²) in [6.45, 7) is 0.371. The van der Waals surface area contributed by atoms with Gasteiger partial charge in [0, 0.05) is 5.92 Å². The van der Waals surface area contributed by atoms with Crippen LogP contribution in [0.2, 0.25) is 0 Å². The molecule has 0 fully saturated rings. The molecule has 0 aliphatic heterocycles. The Labute approximate surface area is 168 Å². The van der Waals surface area contributed by atoms with Crippen molar-refractivity contribution in [2.45, 2.75) is 5.92 Å². The van der Waals surface area contributed by atoms with Crippen molar-refractivity contribution in [2.75, 3.05) is 24.6 Å². The maximum absolute atomic E-state index is 12.1. The van der Waals surface area contributed by atoms with E-state index < -0.39 is 6.09 Å². The lowest BCUT2D eigenvalue weighted by Crippen LogP contribution is -2.26. The Balaban J connectivity index is 1.35.